The minimum absolute atomic E-state index is 0. The standard InChI is InChI=1S/C27H36O4.2C2H6.CH4O.CH4S.CH4/c1-15-13-30-27(16(15)2)23(29)12-21-22(31-27)11-20-19-5-4-17-10-18(28)6-7-25(17)14-26(19,25)9-8-24(20,21)3;4*1-2;/h6-7,15,17,19-23,29H,2,4-5,8-14H2,1,3H3;2*1-2H3;2*2H,1H3;1H4/t15?,17?,19?,20-,21?,22?,23?,24?,25?,26-,27?;;;;;/m0...../s1. The van der Waals surface area contributed by atoms with Crippen LogP contribution in [0.4, 0.5) is 0 Å². The van der Waals surface area contributed by atoms with Crippen molar-refractivity contribution in [3.63, 3.8) is 0 Å². The molecule has 0 radical (unpaired) electrons. The van der Waals surface area contributed by atoms with Gasteiger partial charge in [0.1, 0.15) is 6.10 Å². The predicted octanol–water partition coefficient (Wildman–Crippen LogP) is 7.27. The lowest BCUT2D eigenvalue weighted by Crippen LogP contribution is -2.56. The lowest BCUT2D eigenvalue weighted by molar-refractivity contribution is -0.297. The van der Waals surface area contributed by atoms with Gasteiger partial charge in [0.2, 0.25) is 5.79 Å². The fraction of sp³-hybridized carbons (Fsp3) is 0.853. The van der Waals surface area contributed by atoms with Crippen molar-refractivity contribution < 1.29 is 24.5 Å². The van der Waals surface area contributed by atoms with E-state index in [1.165, 1.54) is 32.1 Å². The van der Waals surface area contributed by atoms with Crippen LogP contribution >= 0.6 is 12.6 Å². The highest BCUT2D eigenvalue weighted by Gasteiger charge is 2.78. The molecular formula is C34H60O5S. The molecule has 7 aliphatic rings. The summed E-state index contributed by atoms with van der Waals surface area (Å²) in [6, 6.07) is 0. The first-order valence-electron chi connectivity index (χ1n) is 15.6. The van der Waals surface area contributed by atoms with E-state index >= 15 is 0 Å². The number of ketones is 1. The lowest BCUT2D eigenvalue weighted by atomic mass is 9.50. The van der Waals surface area contributed by atoms with Crippen LogP contribution in [-0.4, -0.2) is 54.0 Å². The molecule has 5 nitrogen and oxygen atoms in total. The van der Waals surface area contributed by atoms with Crippen LogP contribution in [0.2, 0.25) is 0 Å². The van der Waals surface area contributed by atoms with Crippen molar-refractivity contribution in [3.05, 3.63) is 24.3 Å². The molecule has 40 heavy (non-hydrogen) atoms. The largest absolute Gasteiger partial charge is 0.400 e. The molecule has 2 saturated heterocycles. The molecular weight excluding hydrogens is 520 g/mol. The number of aliphatic hydroxyl groups is 2. The van der Waals surface area contributed by atoms with Crippen LogP contribution in [0.3, 0.4) is 0 Å². The highest BCUT2D eigenvalue weighted by molar-refractivity contribution is 7.79. The molecule has 0 aromatic carbocycles. The third-order valence-electron chi connectivity index (χ3n) is 11.7. The van der Waals surface area contributed by atoms with E-state index in [1.807, 2.05) is 33.8 Å². The summed E-state index contributed by atoms with van der Waals surface area (Å²) in [5.41, 5.74) is 1.88. The van der Waals surface area contributed by atoms with Crippen molar-refractivity contribution in [1.82, 2.24) is 0 Å². The van der Waals surface area contributed by atoms with E-state index in [2.05, 4.69) is 39.1 Å². The highest BCUT2D eigenvalue weighted by Crippen LogP contribution is 2.84. The lowest BCUT2D eigenvalue weighted by Gasteiger charge is -2.55. The van der Waals surface area contributed by atoms with E-state index in [1.54, 1.807) is 6.26 Å². The number of allylic oxidation sites excluding steroid dienone is 2. The Morgan fingerprint density at radius 3 is 2.27 bits per heavy atom. The number of aliphatic hydroxyl groups excluding tert-OH is 2. The Morgan fingerprint density at radius 2 is 1.68 bits per heavy atom. The summed E-state index contributed by atoms with van der Waals surface area (Å²) in [4.78, 5) is 12.1. The van der Waals surface area contributed by atoms with Crippen LogP contribution in [0, 0.1) is 45.8 Å². The molecule has 2 N–H and O–H groups in total. The molecule has 6 heteroatoms. The molecule has 0 aromatic rings. The third kappa shape index (κ3) is 4.80. The normalized spacial score (nSPS) is 48.2. The zero-order chi connectivity index (χ0) is 29.4. The van der Waals surface area contributed by atoms with Gasteiger partial charge < -0.3 is 19.7 Å². The van der Waals surface area contributed by atoms with Gasteiger partial charge in [0.05, 0.1) is 12.7 Å². The average molecular weight is 581 g/mol. The number of carbonyl (C=O) groups is 1. The summed E-state index contributed by atoms with van der Waals surface area (Å²) in [7, 11) is 1.00. The molecule has 2 heterocycles. The van der Waals surface area contributed by atoms with Crippen LogP contribution in [0.1, 0.15) is 100 Å². The van der Waals surface area contributed by atoms with E-state index in [9.17, 15) is 9.90 Å². The van der Waals surface area contributed by atoms with Gasteiger partial charge in [0, 0.05) is 19.4 Å². The topological polar surface area (TPSA) is 76.0 Å². The molecule has 4 saturated carbocycles. The summed E-state index contributed by atoms with van der Waals surface area (Å²) in [5.74, 6) is 1.95. The molecule has 0 aromatic heterocycles. The zero-order valence-corrected chi connectivity index (χ0v) is 26.7. The van der Waals surface area contributed by atoms with Crippen molar-refractivity contribution in [2.75, 3.05) is 20.0 Å². The van der Waals surface area contributed by atoms with Crippen LogP contribution in [0.5, 0.6) is 0 Å². The van der Waals surface area contributed by atoms with E-state index < -0.39 is 11.9 Å². The highest BCUT2D eigenvalue weighted by atomic mass is 32.1. The number of carbonyl (C=O) groups excluding carboxylic acids is 1. The fourth-order valence-corrected chi connectivity index (χ4v) is 10.0. The Morgan fingerprint density at radius 1 is 1.02 bits per heavy atom. The van der Waals surface area contributed by atoms with Crippen LogP contribution in [0.15, 0.2) is 24.3 Å². The van der Waals surface area contributed by atoms with Gasteiger partial charge in [0.15, 0.2) is 5.78 Å². The Labute approximate surface area is 251 Å². The summed E-state index contributed by atoms with van der Waals surface area (Å²) in [6.45, 7) is 17.5. The molecule has 0 bridgehead atoms. The van der Waals surface area contributed by atoms with Crippen LogP contribution in [-0.2, 0) is 14.3 Å². The first kappa shape index (κ1) is 35.5. The number of fused-ring (bicyclic) bond motifs is 4. The quantitative estimate of drug-likeness (QED) is 0.208. The number of ether oxygens (including phenoxy) is 2. The first-order valence-corrected chi connectivity index (χ1v) is 16.5. The van der Waals surface area contributed by atoms with Crippen LogP contribution < -0.4 is 0 Å². The maximum Gasteiger partial charge on any atom is 0.218 e. The van der Waals surface area contributed by atoms with E-state index in [0.29, 0.717) is 41.0 Å². The molecule has 5 aliphatic carbocycles. The molecule has 2 aliphatic heterocycles. The minimum atomic E-state index is -0.979. The van der Waals surface area contributed by atoms with Crippen LogP contribution in [0.25, 0.3) is 0 Å². The van der Waals surface area contributed by atoms with E-state index in [4.69, 9.17) is 14.6 Å². The Balaban J connectivity index is 0.000000576. The smallest absolute Gasteiger partial charge is 0.218 e. The molecule has 3 spiro atoms. The number of rotatable bonds is 0. The zero-order valence-electron chi connectivity index (χ0n) is 25.8. The van der Waals surface area contributed by atoms with Crippen molar-refractivity contribution in [2.24, 2.45) is 45.8 Å². The predicted molar refractivity (Wildman–Crippen MR) is 168 cm³/mol. The van der Waals surface area contributed by atoms with Gasteiger partial charge in [-0.05, 0) is 103 Å². The Hall–Kier alpha value is -0.660. The van der Waals surface area contributed by atoms with Crippen molar-refractivity contribution in [2.45, 2.75) is 118 Å². The van der Waals surface area contributed by atoms with Gasteiger partial charge in [-0.25, -0.2) is 0 Å². The monoisotopic (exact) mass is 580 g/mol. The molecule has 7 rings (SSSR count). The van der Waals surface area contributed by atoms with Gasteiger partial charge in [-0.15, -0.1) is 0 Å². The first-order chi connectivity index (χ1) is 18.8. The Bertz CT molecular complexity index is 920. The second kappa shape index (κ2) is 13.3. The summed E-state index contributed by atoms with van der Waals surface area (Å²) in [5, 5.41) is 18.2. The third-order valence-corrected chi connectivity index (χ3v) is 11.7. The second-order valence-electron chi connectivity index (χ2n) is 12.5. The minimum Gasteiger partial charge on any atom is -0.400 e. The molecule has 11 atom stereocenters. The summed E-state index contributed by atoms with van der Waals surface area (Å²) < 4.78 is 12.8. The van der Waals surface area contributed by atoms with Crippen molar-refractivity contribution in [1.29, 1.82) is 0 Å². The maximum absolute atomic E-state index is 12.1. The summed E-state index contributed by atoms with van der Waals surface area (Å²) >= 11 is 3.53. The van der Waals surface area contributed by atoms with Gasteiger partial charge >= 0.3 is 0 Å². The van der Waals surface area contributed by atoms with E-state index in [0.717, 1.165) is 37.9 Å². The number of hydrogen-bond acceptors (Lipinski definition) is 6. The van der Waals surface area contributed by atoms with Gasteiger partial charge in [-0.2, -0.15) is 12.6 Å². The average Bonchev–Trinajstić information content (AvgIpc) is 3.46. The second-order valence-corrected chi connectivity index (χ2v) is 12.5. The summed E-state index contributed by atoms with van der Waals surface area (Å²) in [6.07, 6.45) is 14.4. The fourth-order valence-electron chi connectivity index (χ4n) is 10.0. The maximum atomic E-state index is 12.1. The SMILES string of the molecule is C.C=C1C(C)COC12OC1C[C@H]3C4CCC5CC(=O)C=CC56C[C@@]46CCC3(C)C1CC2O.CC.CC.CO.CS. The van der Waals surface area contributed by atoms with Gasteiger partial charge in [-0.3, -0.25) is 4.79 Å². The van der Waals surface area contributed by atoms with E-state index in [-0.39, 0.29) is 24.9 Å². The van der Waals surface area contributed by atoms with Crippen molar-refractivity contribution in [3.8, 4) is 0 Å². The number of thiol groups is 1. The molecule has 9 unspecified atom stereocenters. The molecule has 6 fully saturated rings. The number of hydrogen-bond donors (Lipinski definition) is 3. The molecule has 0 amide bonds. The molecule has 232 valence electrons. The van der Waals surface area contributed by atoms with Crippen molar-refractivity contribution >= 4 is 18.4 Å². The van der Waals surface area contributed by atoms with Gasteiger partial charge in [0.25, 0.3) is 0 Å². The Kier molecular flexibility index (Phi) is 11.8. The van der Waals surface area contributed by atoms with Gasteiger partial charge in [-0.1, -0.05) is 61.6 Å².